The monoisotopic (exact) mass is 532 g/mol. The van der Waals surface area contributed by atoms with Gasteiger partial charge in [-0.05, 0) is 97.2 Å². The largest absolute Gasteiger partial charge is 0.492 e. The van der Waals surface area contributed by atoms with E-state index in [0.29, 0.717) is 35.7 Å². The molecule has 0 bridgehead atoms. The number of ether oxygens (including phenoxy) is 3. The topological polar surface area (TPSA) is 69.4 Å². The third-order valence-corrected chi connectivity index (χ3v) is 11.7. The highest BCUT2D eigenvalue weighted by Crippen LogP contribution is 2.66. The van der Waals surface area contributed by atoms with Crippen LogP contribution in [0.4, 0.5) is 0 Å². The molecule has 3 fully saturated rings. The van der Waals surface area contributed by atoms with Crippen LogP contribution in [-0.2, 0) is 11.2 Å². The van der Waals surface area contributed by atoms with E-state index in [9.17, 15) is 9.90 Å². The molecule has 4 aliphatic carbocycles. The van der Waals surface area contributed by atoms with Gasteiger partial charge in [0.2, 0.25) is 12.5 Å². The van der Waals surface area contributed by atoms with Gasteiger partial charge in [0.25, 0.3) is 0 Å². The van der Waals surface area contributed by atoms with Crippen LogP contribution in [0, 0.1) is 40.4 Å². The van der Waals surface area contributed by atoms with Gasteiger partial charge in [0, 0.05) is 12.8 Å². The van der Waals surface area contributed by atoms with E-state index in [1.807, 2.05) is 6.08 Å². The number of benzene rings is 1. The molecule has 1 aromatic carbocycles. The molecule has 6 heteroatoms. The number of quaternary nitrogens is 1. The number of hydrogen-bond donors (Lipinski definition) is 2. The Balaban J connectivity index is 1.19. The first kappa shape index (κ1) is 25.5. The van der Waals surface area contributed by atoms with E-state index in [-0.39, 0.29) is 23.7 Å². The second-order valence-electron chi connectivity index (χ2n) is 13.8. The van der Waals surface area contributed by atoms with Crippen LogP contribution in [0.5, 0.6) is 17.2 Å². The van der Waals surface area contributed by atoms with Crippen molar-refractivity contribution >= 4 is 5.78 Å². The van der Waals surface area contributed by atoms with Crippen molar-refractivity contribution in [2.45, 2.75) is 83.3 Å². The summed E-state index contributed by atoms with van der Waals surface area (Å²) in [7, 11) is 3.87. The van der Waals surface area contributed by atoms with E-state index in [1.54, 1.807) is 7.11 Å². The Morgan fingerprint density at radius 1 is 1.13 bits per heavy atom. The molecule has 0 spiro atoms. The fourth-order valence-corrected chi connectivity index (χ4v) is 9.70. The molecule has 5 unspecified atom stereocenters. The van der Waals surface area contributed by atoms with Crippen molar-refractivity contribution in [3.63, 3.8) is 0 Å². The molecule has 2 N–H and O–H groups in total. The van der Waals surface area contributed by atoms with Crippen molar-refractivity contribution < 1.29 is 29.0 Å². The molecular weight excluding hydrogens is 490 g/mol. The molecule has 8 atom stereocenters. The Morgan fingerprint density at radius 2 is 1.97 bits per heavy atom. The molecule has 39 heavy (non-hydrogen) atoms. The Hall–Kier alpha value is -2.49. The lowest BCUT2D eigenvalue weighted by molar-refractivity contribution is -0.905. The SMILES string of the molecule is COc1c2c(cc3c1C(C#C[C@@]1(O)CC4C5CCC6=CC(=O)CC[C@]6(C)C5CC[C@]4(C)C1)[NH+](C)CC3)OCO2. The van der Waals surface area contributed by atoms with Gasteiger partial charge in [0.1, 0.15) is 5.60 Å². The van der Waals surface area contributed by atoms with Crippen molar-refractivity contribution in [2.75, 3.05) is 27.5 Å². The Morgan fingerprint density at radius 3 is 2.79 bits per heavy atom. The molecule has 0 radical (unpaired) electrons. The van der Waals surface area contributed by atoms with Crippen LogP contribution in [0.2, 0.25) is 0 Å². The van der Waals surface area contributed by atoms with Gasteiger partial charge in [-0.3, -0.25) is 4.79 Å². The lowest BCUT2D eigenvalue weighted by Gasteiger charge is -2.57. The van der Waals surface area contributed by atoms with Crippen LogP contribution in [0.25, 0.3) is 0 Å². The first-order valence-corrected chi connectivity index (χ1v) is 14.9. The van der Waals surface area contributed by atoms with Crippen molar-refractivity contribution in [1.82, 2.24) is 0 Å². The molecule has 6 aliphatic rings. The van der Waals surface area contributed by atoms with Crippen LogP contribution < -0.4 is 19.1 Å². The summed E-state index contributed by atoms with van der Waals surface area (Å²) < 4.78 is 17.3. The zero-order valence-electron chi connectivity index (χ0n) is 23.8. The van der Waals surface area contributed by atoms with Gasteiger partial charge in [0.05, 0.1) is 26.3 Å². The summed E-state index contributed by atoms with van der Waals surface area (Å²) in [5.74, 6) is 11.2. The van der Waals surface area contributed by atoms with Crippen molar-refractivity contribution in [3.8, 4) is 29.1 Å². The van der Waals surface area contributed by atoms with Gasteiger partial charge in [-0.2, -0.15) is 0 Å². The van der Waals surface area contributed by atoms with Gasteiger partial charge in [-0.15, -0.1) is 0 Å². The van der Waals surface area contributed by atoms with Gasteiger partial charge < -0.3 is 24.2 Å². The van der Waals surface area contributed by atoms with Crippen molar-refractivity contribution in [3.05, 3.63) is 28.8 Å². The minimum absolute atomic E-state index is 0.0912. The summed E-state index contributed by atoms with van der Waals surface area (Å²) in [4.78, 5) is 13.5. The summed E-state index contributed by atoms with van der Waals surface area (Å²) in [6, 6.07) is 2.00. The number of hydrogen-bond acceptors (Lipinski definition) is 5. The van der Waals surface area contributed by atoms with E-state index in [2.05, 4.69) is 38.8 Å². The number of methoxy groups -OCH3 is 1. The lowest BCUT2D eigenvalue weighted by Crippen LogP contribution is -3.10. The van der Waals surface area contributed by atoms with Crippen molar-refractivity contribution in [1.29, 1.82) is 0 Å². The Labute approximate surface area is 232 Å². The van der Waals surface area contributed by atoms with E-state index in [1.165, 1.54) is 22.5 Å². The number of carbonyl (C=O) groups excluding carboxylic acids is 1. The van der Waals surface area contributed by atoms with Crippen LogP contribution in [0.15, 0.2) is 17.7 Å². The smallest absolute Gasteiger partial charge is 0.231 e. The third kappa shape index (κ3) is 3.79. The Kier molecular flexibility index (Phi) is 5.72. The molecule has 0 aromatic heterocycles. The average molecular weight is 533 g/mol. The first-order valence-electron chi connectivity index (χ1n) is 14.9. The molecule has 0 saturated heterocycles. The number of carbonyl (C=O) groups is 1. The number of likely N-dealkylation sites (N-methyl/N-ethyl adjacent to an activating group) is 1. The summed E-state index contributed by atoms with van der Waals surface area (Å²) >= 11 is 0. The molecule has 1 aromatic rings. The second-order valence-corrected chi connectivity index (χ2v) is 13.8. The highest BCUT2D eigenvalue weighted by atomic mass is 16.7. The lowest BCUT2D eigenvalue weighted by atomic mass is 9.47. The maximum atomic E-state index is 12.2. The fourth-order valence-electron chi connectivity index (χ4n) is 9.70. The highest BCUT2D eigenvalue weighted by molar-refractivity contribution is 5.91. The quantitative estimate of drug-likeness (QED) is 0.539. The normalized spacial score (nSPS) is 41.8. The fraction of sp³-hybridized carbons (Fsp3) is 0.667. The maximum absolute atomic E-state index is 12.2. The zero-order valence-corrected chi connectivity index (χ0v) is 23.8. The molecule has 2 heterocycles. The minimum atomic E-state index is -0.977. The molecule has 3 saturated carbocycles. The number of rotatable bonds is 1. The average Bonchev–Trinajstić information content (AvgIpc) is 3.48. The third-order valence-electron chi connectivity index (χ3n) is 11.7. The van der Waals surface area contributed by atoms with Crippen LogP contribution >= 0.6 is 0 Å². The van der Waals surface area contributed by atoms with Crippen LogP contribution in [-0.4, -0.2) is 44.0 Å². The number of aliphatic hydroxyl groups is 1. The summed E-state index contributed by atoms with van der Waals surface area (Å²) in [5, 5.41) is 12.0. The number of nitrogens with one attached hydrogen (secondary N) is 1. The van der Waals surface area contributed by atoms with E-state index in [4.69, 9.17) is 14.2 Å². The summed E-state index contributed by atoms with van der Waals surface area (Å²) in [6.07, 6.45) is 10.6. The predicted molar refractivity (Wildman–Crippen MR) is 147 cm³/mol. The molecule has 0 amide bonds. The zero-order chi connectivity index (χ0) is 27.2. The van der Waals surface area contributed by atoms with Gasteiger partial charge >= 0.3 is 0 Å². The molecule has 6 nitrogen and oxygen atoms in total. The predicted octanol–water partition coefficient (Wildman–Crippen LogP) is 3.80. The second kappa shape index (κ2) is 8.75. The first-order chi connectivity index (χ1) is 18.6. The number of fused-ring (bicyclic) bond motifs is 7. The minimum Gasteiger partial charge on any atom is -0.492 e. The highest BCUT2D eigenvalue weighted by Gasteiger charge is 2.60. The Bertz CT molecular complexity index is 1320. The van der Waals surface area contributed by atoms with Crippen LogP contribution in [0.1, 0.15) is 82.4 Å². The molecular formula is C33H42NO5+. The van der Waals surface area contributed by atoms with Gasteiger partial charge in [0.15, 0.2) is 23.3 Å². The summed E-state index contributed by atoms with van der Waals surface area (Å²) in [6.45, 7) is 6.00. The maximum Gasteiger partial charge on any atom is 0.231 e. The molecule has 208 valence electrons. The van der Waals surface area contributed by atoms with Gasteiger partial charge in [-0.1, -0.05) is 25.3 Å². The van der Waals surface area contributed by atoms with Crippen molar-refractivity contribution in [2.24, 2.45) is 28.6 Å². The van der Waals surface area contributed by atoms with Gasteiger partial charge in [-0.25, -0.2) is 0 Å². The van der Waals surface area contributed by atoms with E-state index >= 15 is 0 Å². The van der Waals surface area contributed by atoms with Crippen LogP contribution in [0.3, 0.4) is 0 Å². The van der Waals surface area contributed by atoms with E-state index < -0.39 is 5.60 Å². The summed E-state index contributed by atoms with van der Waals surface area (Å²) in [5.41, 5.74) is 2.95. The molecule has 2 aliphatic heterocycles. The van der Waals surface area contributed by atoms with E-state index in [0.717, 1.165) is 68.6 Å². The molecule has 7 rings (SSSR count). The number of allylic oxidation sites excluding steroid dienone is 1. The standard InChI is InChI=1S/C33H41NO5/c1-31-11-8-24-23(6-5-21-16-22(35)7-12-32(21,24)2)25(31)17-33(36,18-31)13-9-26-28-20(10-14-34(26)3)15-27-29(30(28)37-4)39-19-38-27/h15-16,23-26,36H,5-8,10-12,14,17-19H2,1-4H3/p+1/t23?,24?,25?,26?,31-,32+,33-/m1/s1. The number of ketones is 1.